The molecule has 0 unspecified atom stereocenters. The number of esters is 1. The summed E-state index contributed by atoms with van der Waals surface area (Å²) in [5.74, 6) is -0.258. The lowest BCUT2D eigenvalue weighted by Gasteiger charge is -2.19. The van der Waals surface area contributed by atoms with Crippen molar-refractivity contribution in [3.05, 3.63) is 35.9 Å². The minimum atomic E-state index is -3.52. The van der Waals surface area contributed by atoms with Gasteiger partial charge >= 0.3 is 5.97 Å². The van der Waals surface area contributed by atoms with E-state index in [1.807, 2.05) is 39.0 Å². The molecule has 0 bridgehead atoms. The van der Waals surface area contributed by atoms with E-state index in [1.54, 1.807) is 12.1 Å². The van der Waals surface area contributed by atoms with E-state index in [0.717, 1.165) is 31.2 Å². The van der Waals surface area contributed by atoms with Crippen LogP contribution in [-0.2, 0) is 29.6 Å². The van der Waals surface area contributed by atoms with Gasteiger partial charge in [-0.2, -0.15) is 8.42 Å². The van der Waals surface area contributed by atoms with Crippen LogP contribution in [0.25, 0.3) is 0 Å². The minimum absolute atomic E-state index is 0.0935. The maximum absolute atomic E-state index is 11.9. The molecule has 0 aromatic heterocycles. The van der Waals surface area contributed by atoms with Crippen LogP contribution in [-0.4, -0.2) is 26.6 Å². The van der Waals surface area contributed by atoms with Gasteiger partial charge in [0.2, 0.25) is 0 Å². The van der Waals surface area contributed by atoms with Gasteiger partial charge in [0.15, 0.2) is 0 Å². The normalized spacial score (nSPS) is 12.1. The Morgan fingerprint density at radius 2 is 1.56 bits per heavy atom. The first-order valence-corrected chi connectivity index (χ1v) is 10.4. The van der Waals surface area contributed by atoms with Gasteiger partial charge in [0.1, 0.15) is 11.4 Å². The molecule has 0 aliphatic carbocycles. The van der Waals surface area contributed by atoms with Crippen molar-refractivity contribution in [1.29, 1.82) is 0 Å². The summed E-state index contributed by atoms with van der Waals surface area (Å²) in [6, 6.07) is 9.00. The monoisotopic (exact) mass is 370 g/mol. The van der Waals surface area contributed by atoms with Crippen molar-refractivity contribution in [3.8, 4) is 0 Å². The van der Waals surface area contributed by atoms with Crippen LogP contribution in [0.3, 0.4) is 0 Å². The second-order valence-corrected chi connectivity index (χ2v) is 8.75. The molecule has 0 amide bonds. The number of ether oxygens (including phenoxy) is 1. The summed E-state index contributed by atoms with van der Waals surface area (Å²) in [5, 5.41) is 0. The van der Waals surface area contributed by atoms with Crippen LogP contribution in [0.15, 0.2) is 30.3 Å². The van der Waals surface area contributed by atoms with E-state index in [2.05, 4.69) is 0 Å². The van der Waals surface area contributed by atoms with Gasteiger partial charge in [-0.3, -0.25) is 8.98 Å². The van der Waals surface area contributed by atoms with E-state index in [0.29, 0.717) is 12.8 Å². The summed E-state index contributed by atoms with van der Waals surface area (Å²) in [4.78, 5) is 11.5. The fraction of sp³-hybridized carbons (Fsp3) is 0.632. The molecule has 0 aliphatic rings. The minimum Gasteiger partial charge on any atom is -0.460 e. The number of benzene rings is 1. The maximum atomic E-state index is 11.9. The van der Waals surface area contributed by atoms with Crippen LogP contribution < -0.4 is 0 Å². The van der Waals surface area contributed by atoms with Gasteiger partial charge in [0, 0.05) is 6.42 Å². The molecule has 6 heteroatoms. The Morgan fingerprint density at radius 1 is 0.960 bits per heavy atom. The second kappa shape index (κ2) is 10.6. The molecule has 1 aromatic rings. The Kier molecular flexibility index (Phi) is 9.14. The molecule has 0 atom stereocenters. The van der Waals surface area contributed by atoms with Crippen molar-refractivity contribution in [2.24, 2.45) is 0 Å². The average Bonchev–Trinajstić information content (AvgIpc) is 2.48. The van der Waals surface area contributed by atoms with Crippen molar-refractivity contribution < 1.29 is 22.1 Å². The molecule has 142 valence electrons. The summed E-state index contributed by atoms with van der Waals surface area (Å²) in [7, 11) is -3.52. The third kappa shape index (κ3) is 11.7. The van der Waals surface area contributed by atoms with E-state index in [1.165, 1.54) is 0 Å². The first kappa shape index (κ1) is 21.6. The van der Waals surface area contributed by atoms with Crippen molar-refractivity contribution >= 4 is 16.1 Å². The summed E-state index contributed by atoms with van der Waals surface area (Å²) in [6.45, 7) is 5.78. The predicted octanol–water partition coefficient (Wildman–Crippen LogP) is 4.22. The van der Waals surface area contributed by atoms with Gasteiger partial charge in [-0.05, 0) is 39.2 Å². The van der Waals surface area contributed by atoms with Gasteiger partial charge in [0.25, 0.3) is 10.1 Å². The summed E-state index contributed by atoms with van der Waals surface area (Å²) in [6.07, 6.45) is 4.68. The lowest BCUT2D eigenvalue weighted by atomic mass is 10.1. The molecule has 0 heterocycles. The maximum Gasteiger partial charge on any atom is 0.306 e. The SMILES string of the molecule is CC(C)(C)OC(=O)CCCCCCCOS(=O)(=O)Cc1ccccc1. The topological polar surface area (TPSA) is 69.7 Å². The van der Waals surface area contributed by atoms with Crippen LogP contribution in [0.2, 0.25) is 0 Å². The van der Waals surface area contributed by atoms with Gasteiger partial charge in [0.05, 0.1) is 6.61 Å². The standard InChI is InChI=1S/C19H30O5S/c1-19(2,3)24-18(20)14-10-5-4-6-11-15-23-25(21,22)16-17-12-8-7-9-13-17/h7-9,12-13H,4-6,10-11,14-16H2,1-3H3. The van der Waals surface area contributed by atoms with Crippen LogP contribution in [0, 0.1) is 0 Å². The Labute approximate surface area is 151 Å². The lowest BCUT2D eigenvalue weighted by molar-refractivity contribution is -0.154. The predicted molar refractivity (Wildman–Crippen MR) is 98.6 cm³/mol. The van der Waals surface area contributed by atoms with E-state index in [9.17, 15) is 13.2 Å². The van der Waals surface area contributed by atoms with Gasteiger partial charge in [-0.15, -0.1) is 0 Å². The first-order chi connectivity index (χ1) is 11.7. The highest BCUT2D eigenvalue weighted by atomic mass is 32.2. The summed E-state index contributed by atoms with van der Waals surface area (Å²) >= 11 is 0. The number of hydrogen-bond acceptors (Lipinski definition) is 5. The van der Waals surface area contributed by atoms with E-state index in [-0.39, 0.29) is 18.3 Å². The summed E-state index contributed by atoms with van der Waals surface area (Å²) in [5.41, 5.74) is 0.296. The van der Waals surface area contributed by atoms with Crippen molar-refractivity contribution in [2.45, 2.75) is 70.7 Å². The molecule has 0 N–H and O–H groups in total. The zero-order valence-corrected chi connectivity index (χ0v) is 16.3. The smallest absolute Gasteiger partial charge is 0.306 e. The van der Waals surface area contributed by atoms with E-state index >= 15 is 0 Å². The highest BCUT2D eigenvalue weighted by Crippen LogP contribution is 2.12. The Hall–Kier alpha value is -1.40. The van der Waals surface area contributed by atoms with Crippen LogP contribution in [0.1, 0.15) is 64.9 Å². The molecule has 0 fully saturated rings. The number of unbranched alkanes of at least 4 members (excludes halogenated alkanes) is 4. The largest absolute Gasteiger partial charge is 0.460 e. The first-order valence-electron chi connectivity index (χ1n) is 8.81. The van der Waals surface area contributed by atoms with Gasteiger partial charge in [-0.1, -0.05) is 49.6 Å². The Bertz CT molecular complexity index is 602. The lowest BCUT2D eigenvalue weighted by Crippen LogP contribution is -2.23. The second-order valence-electron chi connectivity index (χ2n) is 7.11. The highest BCUT2D eigenvalue weighted by Gasteiger charge is 2.15. The van der Waals surface area contributed by atoms with Crippen LogP contribution >= 0.6 is 0 Å². The number of hydrogen-bond donors (Lipinski definition) is 0. The molecule has 0 aliphatic heterocycles. The third-order valence-electron chi connectivity index (χ3n) is 3.39. The molecule has 1 rings (SSSR count). The molecule has 0 saturated carbocycles. The fourth-order valence-electron chi connectivity index (χ4n) is 2.30. The molecule has 5 nitrogen and oxygen atoms in total. The Balaban J connectivity index is 2.05. The van der Waals surface area contributed by atoms with Crippen molar-refractivity contribution in [3.63, 3.8) is 0 Å². The molecule has 1 aromatic carbocycles. The fourth-order valence-corrected chi connectivity index (χ4v) is 3.36. The van der Waals surface area contributed by atoms with Crippen LogP contribution in [0.4, 0.5) is 0 Å². The molecule has 0 radical (unpaired) electrons. The van der Waals surface area contributed by atoms with Crippen LogP contribution in [0.5, 0.6) is 0 Å². The highest BCUT2D eigenvalue weighted by molar-refractivity contribution is 7.85. The molecular weight excluding hydrogens is 340 g/mol. The van der Waals surface area contributed by atoms with Gasteiger partial charge in [-0.25, -0.2) is 0 Å². The number of rotatable bonds is 11. The molecule has 0 saturated heterocycles. The average molecular weight is 371 g/mol. The van der Waals surface area contributed by atoms with Crippen molar-refractivity contribution in [1.82, 2.24) is 0 Å². The zero-order chi connectivity index (χ0) is 18.8. The summed E-state index contributed by atoms with van der Waals surface area (Å²) < 4.78 is 34.0. The molecule has 25 heavy (non-hydrogen) atoms. The van der Waals surface area contributed by atoms with Crippen molar-refractivity contribution in [2.75, 3.05) is 6.61 Å². The quantitative estimate of drug-likeness (QED) is 0.331. The Morgan fingerprint density at radius 3 is 2.20 bits per heavy atom. The third-order valence-corrected chi connectivity index (χ3v) is 4.61. The number of carbonyl (C=O) groups is 1. The zero-order valence-electron chi connectivity index (χ0n) is 15.5. The molecule has 0 spiro atoms. The van der Waals surface area contributed by atoms with E-state index in [4.69, 9.17) is 8.92 Å². The van der Waals surface area contributed by atoms with E-state index < -0.39 is 15.7 Å². The number of carbonyl (C=O) groups excluding carboxylic acids is 1. The van der Waals surface area contributed by atoms with Gasteiger partial charge < -0.3 is 4.74 Å². The molecular formula is C19H30O5S.